The molecule has 0 aliphatic rings. The maximum absolute atomic E-state index is 11.9. The van der Waals surface area contributed by atoms with Crippen molar-refractivity contribution in [3.05, 3.63) is 24.3 Å². The Morgan fingerprint density at radius 2 is 2.12 bits per heavy atom. The van der Waals surface area contributed by atoms with E-state index in [0.29, 0.717) is 12.3 Å². The molecule has 0 fully saturated rings. The Morgan fingerprint density at radius 1 is 1.31 bits per heavy atom. The van der Waals surface area contributed by atoms with Gasteiger partial charge in [-0.3, -0.25) is 4.21 Å². The van der Waals surface area contributed by atoms with Crippen molar-refractivity contribution in [1.82, 2.24) is 0 Å². The van der Waals surface area contributed by atoms with Crippen molar-refractivity contribution in [2.24, 2.45) is 5.73 Å². The minimum absolute atomic E-state index is 0.702. The highest BCUT2D eigenvalue weighted by Crippen LogP contribution is 2.16. The van der Waals surface area contributed by atoms with Gasteiger partial charge in [0.2, 0.25) is 0 Å². The van der Waals surface area contributed by atoms with Gasteiger partial charge in [-0.05, 0) is 37.6 Å². The van der Waals surface area contributed by atoms with Crippen molar-refractivity contribution >= 4 is 10.8 Å². The van der Waals surface area contributed by atoms with Crippen molar-refractivity contribution in [2.45, 2.75) is 24.2 Å². The SMILES string of the molecule is COc1cccc(S(=O)CCCCCN)c1. The Morgan fingerprint density at radius 3 is 2.81 bits per heavy atom. The first-order valence-electron chi connectivity index (χ1n) is 5.50. The molecule has 1 aromatic rings. The molecule has 0 aromatic heterocycles. The first kappa shape index (κ1) is 13.2. The van der Waals surface area contributed by atoms with E-state index in [1.807, 2.05) is 24.3 Å². The summed E-state index contributed by atoms with van der Waals surface area (Å²) in [6.07, 6.45) is 3.02. The molecule has 0 saturated heterocycles. The summed E-state index contributed by atoms with van der Waals surface area (Å²) in [5.74, 6) is 1.46. The van der Waals surface area contributed by atoms with E-state index in [2.05, 4.69) is 0 Å². The van der Waals surface area contributed by atoms with Crippen molar-refractivity contribution in [3.63, 3.8) is 0 Å². The summed E-state index contributed by atoms with van der Waals surface area (Å²) < 4.78 is 17.0. The zero-order valence-corrected chi connectivity index (χ0v) is 10.5. The van der Waals surface area contributed by atoms with E-state index in [1.165, 1.54) is 0 Å². The molecule has 0 bridgehead atoms. The van der Waals surface area contributed by atoms with Crippen molar-refractivity contribution in [3.8, 4) is 5.75 Å². The van der Waals surface area contributed by atoms with Crippen LogP contribution in [-0.2, 0) is 10.8 Å². The topological polar surface area (TPSA) is 52.3 Å². The van der Waals surface area contributed by atoms with Crippen LogP contribution in [0.4, 0.5) is 0 Å². The minimum atomic E-state index is -0.920. The number of hydrogen-bond acceptors (Lipinski definition) is 3. The summed E-state index contributed by atoms with van der Waals surface area (Å²) in [6.45, 7) is 0.714. The van der Waals surface area contributed by atoms with E-state index in [1.54, 1.807) is 7.11 Å². The summed E-state index contributed by atoms with van der Waals surface area (Å²) in [4.78, 5) is 0.840. The summed E-state index contributed by atoms with van der Waals surface area (Å²) in [7, 11) is 0.695. The van der Waals surface area contributed by atoms with Gasteiger partial charge >= 0.3 is 0 Å². The second kappa shape index (κ2) is 7.41. The zero-order valence-electron chi connectivity index (χ0n) is 9.65. The molecule has 0 amide bonds. The number of nitrogens with two attached hydrogens (primary N) is 1. The first-order chi connectivity index (χ1) is 7.77. The summed E-state index contributed by atoms with van der Waals surface area (Å²) in [6, 6.07) is 7.43. The molecule has 0 aliphatic carbocycles. The van der Waals surface area contributed by atoms with Crippen LogP contribution >= 0.6 is 0 Å². The number of benzene rings is 1. The molecule has 0 radical (unpaired) electrons. The molecule has 1 rings (SSSR count). The highest BCUT2D eigenvalue weighted by Gasteiger charge is 2.04. The Balaban J connectivity index is 2.46. The van der Waals surface area contributed by atoms with Crippen LogP contribution in [0.3, 0.4) is 0 Å². The van der Waals surface area contributed by atoms with Gasteiger partial charge in [0.1, 0.15) is 5.75 Å². The van der Waals surface area contributed by atoms with E-state index in [0.717, 1.165) is 29.9 Å². The van der Waals surface area contributed by atoms with E-state index in [9.17, 15) is 4.21 Å². The number of rotatable bonds is 7. The molecule has 3 nitrogen and oxygen atoms in total. The quantitative estimate of drug-likeness (QED) is 0.742. The highest BCUT2D eigenvalue weighted by molar-refractivity contribution is 7.85. The van der Waals surface area contributed by atoms with Crippen LogP contribution in [0, 0.1) is 0 Å². The Hall–Kier alpha value is -0.870. The van der Waals surface area contributed by atoms with E-state index < -0.39 is 10.8 Å². The third-order valence-corrected chi connectivity index (χ3v) is 3.78. The van der Waals surface area contributed by atoms with Crippen LogP contribution in [0.1, 0.15) is 19.3 Å². The molecule has 16 heavy (non-hydrogen) atoms. The van der Waals surface area contributed by atoms with Crippen LogP contribution in [-0.4, -0.2) is 23.6 Å². The molecular formula is C12H19NO2S. The number of unbranched alkanes of at least 4 members (excludes halogenated alkanes) is 2. The van der Waals surface area contributed by atoms with Crippen LogP contribution < -0.4 is 10.5 Å². The highest BCUT2D eigenvalue weighted by atomic mass is 32.2. The van der Waals surface area contributed by atoms with Gasteiger partial charge < -0.3 is 10.5 Å². The molecule has 90 valence electrons. The van der Waals surface area contributed by atoms with Gasteiger partial charge in [-0.2, -0.15) is 0 Å². The van der Waals surface area contributed by atoms with Gasteiger partial charge in [-0.25, -0.2) is 0 Å². The Kier molecular flexibility index (Phi) is 6.11. The summed E-state index contributed by atoms with van der Waals surface area (Å²) in [5.41, 5.74) is 5.40. The predicted molar refractivity (Wildman–Crippen MR) is 67.2 cm³/mol. The van der Waals surface area contributed by atoms with Gasteiger partial charge in [-0.1, -0.05) is 12.5 Å². The summed E-state index contributed by atoms with van der Waals surface area (Å²) in [5, 5.41) is 0. The molecule has 0 saturated carbocycles. The zero-order chi connectivity index (χ0) is 11.8. The third-order valence-electron chi connectivity index (χ3n) is 2.34. The fourth-order valence-electron chi connectivity index (χ4n) is 1.41. The average molecular weight is 241 g/mol. The van der Waals surface area contributed by atoms with Gasteiger partial charge in [0, 0.05) is 10.6 Å². The van der Waals surface area contributed by atoms with Crippen molar-refractivity contribution in [1.29, 1.82) is 0 Å². The Bertz CT molecular complexity index is 342. The molecule has 1 atom stereocenters. The van der Waals surface area contributed by atoms with Crippen LogP contribution in [0.5, 0.6) is 5.75 Å². The van der Waals surface area contributed by atoms with E-state index >= 15 is 0 Å². The lowest BCUT2D eigenvalue weighted by molar-refractivity contribution is 0.413. The molecule has 2 N–H and O–H groups in total. The molecule has 0 aliphatic heterocycles. The molecule has 4 heteroatoms. The second-order valence-corrected chi connectivity index (χ2v) is 5.15. The fourth-order valence-corrected chi connectivity index (χ4v) is 2.59. The largest absolute Gasteiger partial charge is 0.497 e. The number of methoxy groups -OCH3 is 1. The summed E-state index contributed by atoms with van der Waals surface area (Å²) >= 11 is 0. The maximum atomic E-state index is 11.9. The molecule has 1 aromatic carbocycles. The third kappa shape index (κ3) is 4.33. The predicted octanol–water partition coefficient (Wildman–Crippen LogP) is 1.93. The fraction of sp³-hybridized carbons (Fsp3) is 0.500. The number of hydrogen-bond donors (Lipinski definition) is 1. The Labute approximate surface area is 99.4 Å². The molecule has 1 unspecified atom stereocenters. The van der Waals surface area contributed by atoms with Crippen LogP contribution in [0.2, 0.25) is 0 Å². The average Bonchev–Trinajstić information content (AvgIpc) is 2.34. The minimum Gasteiger partial charge on any atom is -0.497 e. The monoisotopic (exact) mass is 241 g/mol. The van der Waals surface area contributed by atoms with Crippen molar-refractivity contribution in [2.75, 3.05) is 19.4 Å². The lowest BCUT2D eigenvalue weighted by Crippen LogP contribution is -2.02. The van der Waals surface area contributed by atoms with E-state index in [4.69, 9.17) is 10.5 Å². The molecule has 0 spiro atoms. The normalized spacial score (nSPS) is 12.4. The standard InChI is InChI=1S/C12H19NO2S/c1-15-11-6-5-7-12(10-11)16(14)9-4-2-3-8-13/h5-7,10H,2-4,8-9,13H2,1H3. The molecule has 0 heterocycles. The second-order valence-electron chi connectivity index (χ2n) is 3.58. The lowest BCUT2D eigenvalue weighted by atomic mass is 10.2. The lowest BCUT2D eigenvalue weighted by Gasteiger charge is -2.04. The molecular weight excluding hydrogens is 222 g/mol. The van der Waals surface area contributed by atoms with Gasteiger partial charge in [0.15, 0.2) is 0 Å². The smallest absolute Gasteiger partial charge is 0.120 e. The van der Waals surface area contributed by atoms with Gasteiger partial charge in [0.25, 0.3) is 0 Å². The first-order valence-corrected chi connectivity index (χ1v) is 6.82. The maximum Gasteiger partial charge on any atom is 0.120 e. The van der Waals surface area contributed by atoms with Crippen LogP contribution in [0.25, 0.3) is 0 Å². The van der Waals surface area contributed by atoms with Gasteiger partial charge in [0.05, 0.1) is 17.9 Å². The van der Waals surface area contributed by atoms with Gasteiger partial charge in [-0.15, -0.1) is 0 Å². The number of ether oxygens (including phenoxy) is 1. The van der Waals surface area contributed by atoms with Crippen LogP contribution in [0.15, 0.2) is 29.2 Å². The van der Waals surface area contributed by atoms with E-state index in [-0.39, 0.29) is 0 Å². The van der Waals surface area contributed by atoms with Crippen molar-refractivity contribution < 1.29 is 8.95 Å².